The highest BCUT2D eigenvalue weighted by Gasteiger charge is 2.08. The quantitative estimate of drug-likeness (QED) is 0.877. The molecule has 0 aliphatic rings. The molecule has 122 valence electrons. The van der Waals surface area contributed by atoms with E-state index in [1.807, 2.05) is 24.3 Å². The van der Waals surface area contributed by atoms with Crippen molar-refractivity contribution in [3.8, 4) is 5.75 Å². The second-order valence-electron chi connectivity index (χ2n) is 5.22. The van der Waals surface area contributed by atoms with Gasteiger partial charge in [0.2, 0.25) is 5.91 Å². The Morgan fingerprint density at radius 3 is 2.09 bits per heavy atom. The third-order valence-corrected chi connectivity index (χ3v) is 4.49. The van der Waals surface area contributed by atoms with Crippen LogP contribution in [0.2, 0.25) is 0 Å². The van der Waals surface area contributed by atoms with Crippen LogP contribution in [0, 0.1) is 0 Å². The number of carbonyl (C=O) groups excluding carboxylic acids is 1. The Morgan fingerprint density at radius 1 is 1.00 bits per heavy atom. The predicted molar refractivity (Wildman–Crippen MR) is 88.1 cm³/mol. The van der Waals surface area contributed by atoms with Crippen LogP contribution in [0.4, 0.5) is 0 Å². The van der Waals surface area contributed by atoms with Gasteiger partial charge in [0.25, 0.3) is 0 Å². The molecule has 0 fully saturated rings. The Hall–Kier alpha value is -2.34. The first-order chi connectivity index (χ1) is 10.9. The number of rotatable bonds is 6. The van der Waals surface area contributed by atoms with Crippen LogP contribution in [0.15, 0.2) is 53.4 Å². The number of hydrogen-bond donors (Lipinski definition) is 1. The summed E-state index contributed by atoms with van der Waals surface area (Å²) in [5.74, 6) is 0.652. The summed E-state index contributed by atoms with van der Waals surface area (Å²) in [5.41, 5.74) is 1.75. The zero-order chi connectivity index (χ0) is 16.9. The number of methoxy groups -OCH3 is 1. The summed E-state index contributed by atoms with van der Waals surface area (Å²) in [6.45, 7) is 0.435. The Morgan fingerprint density at radius 2 is 1.57 bits per heavy atom. The summed E-state index contributed by atoms with van der Waals surface area (Å²) < 4.78 is 27.8. The molecule has 0 aliphatic heterocycles. The Bertz CT molecular complexity index is 765. The van der Waals surface area contributed by atoms with E-state index < -0.39 is 9.84 Å². The molecule has 1 N–H and O–H groups in total. The van der Waals surface area contributed by atoms with Crippen LogP contribution in [-0.2, 0) is 27.6 Å². The Kier molecular flexibility index (Phi) is 5.39. The Balaban J connectivity index is 1.89. The summed E-state index contributed by atoms with van der Waals surface area (Å²) in [7, 11) is -1.61. The van der Waals surface area contributed by atoms with E-state index in [9.17, 15) is 13.2 Å². The molecule has 1 amide bonds. The van der Waals surface area contributed by atoms with Crippen molar-refractivity contribution in [2.24, 2.45) is 0 Å². The SMILES string of the molecule is COc1ccc(CNC(=O)Cc2ccc(S(C)(=O)=O)cc2)cc1. The number of sulfone groups is 1. The van der Waals surface area contributed by atoms with Crippen LogP contribution in [0.1, 0.15) is 11.1 Å². The standard InChI is InChI=1S/C17H19NO4S/c1-22-15-7-3-14(4-8-15)12-18-17(19)11-13-5-9-16(10-6-13)23(2,20)21/h3-10H,11-12H2,1-2H3,(H,18,19). The van der Waals surface area contributed by atoms with Crippen LogP contribution in [0.5, 0.6) is 5.75 Å². The van der Waals surface area contributed by atoms with Crippen molar-refractivity contribution in [1.29, 1.82) is 0 Å². The minimum absolute atomic E-state index is 0.118. The molecule has 0 aliphatic carbocycles. The zero-order valence-electron chi connectivity index (χ0n) is 13.1. The van der Waals surface area contributed by atoms with Crippen LogP contribution >= 0.6 is 0 Å². The van der Waals surface area contributed by atoms with Crippen molar-refractivity contribution in [2.75, 3.05) is 13.4 Å². The van der Waals surface area contributed by atoms with E-state index >= 15 is 0 Å². The third-order valence-electron chi connectivity index (χ3n) is 3.36. The van der Waals surface area contributed by atoms with E-state index in [4.69, 9.17) is 4.74 Å². The predicted octanol–water partition coefficient (Wildman–Crippen LogP) is 1.96. The fraction of sp³-hybridized carbons (Fsp3) is 0.235. The van der Waals surface area contributed by atoms with E-state index in [1.54, 1.807) is 19.2 Å². The number of amides is 1. The van der Waals surface area contributed by atoms with Crippen molar-refractivity contribution >= 4 is 15.7 Å². The number of ether oxygens (including phenoxy) is 1. The molecule has 2 aromatic carbocycles. The lowest BCUT2D eigenvalue weighted by Crippen LogP contribution is -2.24. The number of nitrogens with one attached hydrogen (secondary N) is 1. The first-order valence-corrected chi connectivity index (χ1v) is 8.96. The van der Waals surface area contributed by atoms with Gasteiger partial charge in [0.05, 0.1) is 18.4 Å². The van der Waals surface area contributed by atoms with Gasteiger partial charge in [0.15, 0.2) is 9.84 Å². The fourth-order valence-corrected chi connectivity index (χ4v) is 2.68. The van der Waals surface area contributed by atoms with Crippen molar-refractivity contribution in [2.45, 2.75) is 17.9 Å². The lowest BCUT2D eigenvalue weighted by atomic mass is 10.1. The molecule has 6 heteroatoms. The monoisotopic (exact) mass is 333 g/mol. The summed E-state index contributed by atoms with van der Waals surface area (Å²) in [4.78, 5) is 12.2. The molecule has 0 bridgehead atoms. The summed E-state index contributed by atoms with van der Waals surface area (Å²) in [6.07, 6.45) is 1.36. The highest BCUT2D eigenvalue weighted by molar-refractivity contribution is 7.90. The number of hydrogen-bond acceptors (Lipinski definition) is 4. The Labute approximate surface area is 136 Å². The van der Waals surface area contributed by atoms with Gasteiger partial charge in [-0.3, -0.25) is 4.79 Å². The van der Waals surface area contributed by atoms with Crippen LogP contribution < -0.4 is 10.1 Å². The zero-order valence-corrected chi connectivity index (χ0v) is 13.9. The highest BCUT2D eigenvalue weighted by atomic mass is 32.2. The second kappa shape index (κ2) is 7.28. The normalized spacial score (nSPS) is 11.0. The van der Waals surface area contributed by atoms with Crippen LogP contribution in [0.25, 0.3) is 0 Å². The highest BCUT2D eigenvalue weighted by Crippen LogP contribution is 2.12. The molecule has 2 aromatic rings. The van der Waals surface area contributed by atoms with Gasteiger partial charge in [-0.1, -0.05) is 24.3 Å². The average molecular weight is 333 g/mol. The van der Waals surface area contributed by atoms with E-state index in [0.29, 0.717) is 6.54 Å². The second-order valence-corrected chi connectivity index (χ2v) is 7.23. The lowest BCUT2D eigenvalue weighted by molar-refractivity contribution is -0.120. The van der Waals surface area contributed by atoms with Gasteiger partial charge < -0.3 is 10.1 Å². The molecule has 0 saturated carbocycles. The largest absolute Gasteiger partial charge is 0.497 e. The smallest absolute Gasteiger partial charge is 0.224 e. The molecule has 0 unspecified atom stereocenters. The summed E-state index contributed by atoms with van der Waals surface area (Å²) in [5, 5.41) is 2.83. The molecule has 23 heavy (non-hydrogen) atoms. The first kappa shape index (κ1) is 17.0. The third kappa shape index (κ3) is 5.10. The molecular formula is C17H19NO4S. The minimum Gasteiger partial charge on any atom is -0.497 e. The van der Waals surface area contributed by atoms with Gasteiger partial charge in [0.1, 0.15) is 5.75 Å². The van der Waals surface area contributed by atoms with E-state index in [1.165, 1.54) is 12.1 Å². The van der Waals surface area contributed by atoms with Gasteiger partial charge in [-0.15, -0.1) is 0 Å². The summed E-state index contributed by atoms with van der Waals surface area (Å²) >= 11 is 0. The molecule has 0 atom stereocenters. The van der Waals surface area contributed by atoms with E-state index in [-0.39, 0.29) is 17.2 Å². The lowest BCUT2D eigenvalue weighted by Gasteiger charge is -2.07. The molecule has 2 rings (SSSR count). The van der Waals surface area contributed by atoms with Crippen molar-refractivity contribution in [1.82, 2.24) is 5.32 Å². The molecule has 0 saturated heterocycles. The maximum atomic E-state index is 11.9. The van der Waals surface area contributed by atoms with Gasteiger partial charge in [-0.25, -0.2) is 8.42 Å². The fourth-order valence-electron chi connectivity index (χ4n) is 2.05. The van der Waals surface area contributed by atoms with Crippen LogP contribution in [-0.4, -0.2) is 27.7 Å². The molecule has 0 radical (unpaired) electrons. The molecular weight excluding hydrogens is 314 g/mol. The van der Waals surface area contributed by atoms with E-state index in [2.05, 4.69) is 5.32 Å². The molecule has 0 heterocycles. The van der Waals surface area contributed by atoms with Crippen molar-refractivity contribution in [3.05, 3.63) is 59.7 Å². The average Bonchev–Trinajstić information content (AvgIpc) is 2.53. The topological polar surface area (TPSA) is 72.5 Å². The van der Waals surface area contributed by atoms with Gasteiger partial charge in [-0.05, 0) is 35.4 Å². The van der Waals surface area contributed by atoms with E-state index in [0.717, 1.165) is 23.1 Å². The van der Waals surface area contributed by atoms with Gasteiger partial charge in [-0.2, -0.15) is 0 Å². The molecule has 0 spiro atoms. The maximum absolute atomic E-state index is 11.9. The first-order valence-electron chi connectivity index (χ1n) is 7.07. The molecule has 0 aromatic heterocycles. The number of benzene rings is 2. The minimum atomic E-state index is -3.21. The molecule has 5 nitrogen and oxygen atoms in total. The van der Waals surface area contributed by atoms with Gasteiger partial charge in [0, 0.05) is 12.8 Å². The summed E-state index contributed by atoms with van der Waals surface area (Å²) in [6, 6.07) is 13.8. The maximum Gasteiger partial charge on any atom is 0.224 e. The van der Waals surface area contributed by atoms with Gasteiger partial charge >= 0.3 is 0 Å². The number of carbonyl (C=O) groups is 1. The van der Waals surface area contributed by atoms with Crippen molar-refractivity contribution in [3.63, 3.8) is 0 Å². The van der Waals surface area contributed by atoms with Crippen LogP contribution in [0.3, 0.4) is 0 Å². The van der Waals surface area contributed by atoms with Crippen molar-refractivity contribution < 1.29 is 17.9 Å².